The first-order valence-electron chi connectivity index (χ1n) is 5.44. The number of rotatable bonds is 6. The lowest BCUT2D eigenvalue weighted by Gasteiger charge is -2.12. The Bertz CT molecular complexity index is 446. The Morgan fingerprint density at radius 3 is 2.72 bits per heavy atom. The molecule has 0 saturated heterocycles. The number of halogens is 1. The zero-order valence-corrected chi connectivity index (χ0v) is 12.0. The number of carbonyl (C=O) groups is 1. The summed E-state index contributed by atoms with van der Waals surface area (Å²) in [5.74, 6) is 0.886. The van der Waals surface area contributed by atoms with Gasteiger partial charge in [0, 0.05) is 6.54 Å². The van der Waals surface area contributed by atoms with Crippen LogP contribution in [0.15, 0.2) is 29.3 Å². The molecule has 1 rings (SSSR count). The molecule has 0 bridgehead atoms. The second-order valence-electron chi connectivity index (χ2n) is 3.52. The molecule has 0 aliphatic carbocycles. The number of carbonyl (C=O) groups excluding carboxylic acids is 1. The first-order chi connectivity index (χ1) is 8.63. The van der Waals surface area contributed by atoms with Gasteiger partial charge in [0.1, 0.15) is 11.5 Å². The largest absolute Gasteiger partial charge is 0.497 e. The fourth-order valence-electron chi connectivity index (χ4n) is 1.45. The minimum absolute atomic E-state index is 0.201. The van der Waals surface area contributed by atoms with Gasteiger partial charge in [-0.1, -0.05) is 6.08 Å². The minimum atomic E-state index is -0.201. The van der Waals surface area contributed by atoms with Crippen molar-refractivity contribution in [2.45, 2.75) is 6.42 Å². The van der Waals surface area contributed by atoms with E-state index in [1.807, 2.05) is 0 Å². The van der Waals surface area contributed by atoms with Crippen molar-refractivity contribution in [3.05, 3.63) is 34.8 Å². The van der Waals surface area contributed by atoms with Crippen LogP contribution in [-0.4, -0.2) is 26.7 Å². The molecule has 1 aromatic carbocycles. The molecular formula is C13H16BrNO3. The highest BCUT2D eigenvalue weighted by molar-refractivity contribution is 9.10. The molecule has 5 heteroatoms. The molecule has 0 aliphatic heterocycles. The van der Waals surface area contributed by atoms with E-state index in [1.165, 1.54) is 7.11 Å². The highest BCUT2D eigenvalue weighted by Crippen LogP contribution is 2.33. The van der Waals surface area contributed by atoms with Crippen LogP contribution in [0.4, 0.5) is 0 Å². The molecule has 0 aliphatic rings. The molecule has 4 nitrogen and oxygen atoms in total. The standard InChI is InChI=1S/C13H16BrNO3/c1-4-5-6-15-13(16)10-7-9(17-2)8-11(14)12(10)18-3/h4,7-8H,1,5-6H2,2-3H3,(H,15,16). The Labute approximate surface area is 115 Å². The van der Waals surface area contributed by atoms with Gasteiger partial charge < -0.3 is 14.8 Å². The van der Waals surface area contributed by atoms with Crippen LogP contribution in [0.3, 0.4) is 0 Å². The topological polar surface area (TPSA) is 47.6 Å². The quantitative estimate of drug-likeness (QED) is 0.649. The third kappa shape index (κ3) is 3.50. The van der Waals surface area contributed by atoms with Gasteiger partial charge >= 0.3 is 0 Å². The Morgan fingerprint density at radius 2 is 2.17 bits per heavy atom. The summed E-state index contributed by atoms with van der Waals surface area (Å²) in [6.07, 6.45) is 2.47. The van der Waals surface area contributed by atoms with Crippen LogP contribution in [0, 0.1) is 0 Å². The van der Waals surface area contributed by atoms with Crippen LogP contribution in [0.2, 0.25) is 0 Å². The van der Waals surface area contributed by atoms with Crippen molar-refractivity contribution in [3.8, 4) is 11.5 Å². The lowest BCUT2D eigenvalue weighted by Crippen LogP contribution is -2.24. The lowest BCUT2D eigenvalue weighted by molar-refractivity contribution is 0.0951. The SMILES string of the molecule is C=CCCNC(=O)c1cc(OC)cc(Br)c1OC. The fraction of sp³-hybridized carbons (Fsp3) is 0.308. The van der Waals surface area contributed by atoms with Crippen molar-refractivity contribution in [1.29, 1.82) is 0 Å². The zero-order valence-electron chi connectivity index (χ0n) is 10.5. The summed E-state index contributed by atoms with van der Waals surface area (Å²) < 4.78 is 11.0. The van der Waals surface area contributed by atoms with Crippen molar-refractivity contribution in [3.63, 3.8) is 0 Å². The van der Waals surface area contributed by atoms with Gasteiger partial charge in [-0.15, -0.1) is 6.58 Å². The molecule has 1 N–H and O–H groups in total. The van der Waals surface area contributed by atoms with Crippen molar-refractivity contribution >= 4 is 21.8 Å². The number of hydrogen-bond acceptors (Lipinski definition) is 3. The predicted molar refractivity (Wildman–Crippen MR) is 74.4 cm³/mol. The van der Waals surface area contributed by atoms with Crippen LogP contribution in [0.5, 0.6) is 11.5 Å². The average Bonchev–Trinajstić information content (AvgIpc) is 2.37. The van der Waals surface area contributed by atoms with Crippen LogP contribution < -0.4 is 14.8 Å². The van der Waals surface area contributed by atoms with Crippen LogP contribution in [0.25, 0.3) is 0 Å². The Morgan fingerprint density at radius 1 is 1.44 bits per heavy atom. The third-order valence-corrected chi connectivity index (χ3v) is 2.92. The van der Waals surface area contributed by atoms with Gasteiger partial charge in [-0.05, 0) is 34.5 Å². The van der Waals surface area contributed by atoms with Gasteiger partial charge in [-0.2, -0.15) is 0 Å². The highest BCUT2D eigenvalue weighted by Gasteiger charge is 2.16. The molecule has 0 atom stereocenters. The van der Waals surface area contributed by atoms with E-state index in [1.54, 1.807) is 25.3 Å². The van der Waals surface area contributed by atoms with Gasteiger partial charge in [0.2, 0.25) is 0 Å². The minimum Gasteiger partial charge on any atom is -0.497 e. The van der Waals surface area contributed by atoms with E-state index in [0.29, 0.717) is 28.1 Å². The number of amides is 1. The monoisotopic (exact) mass is 313 g/mol. The van der Waals surface area contributed by atoms with Gasteiger partial charge in [-0.25, -0.2) is 0 Å². The summed E-state index contributed by atoms with van der Waals surface area (Å²) in [6, 6.07) is 3.40. The average molecular weight is 314 g/mol. The zero-order chi connectivity index (χ0) is 13.5. The fourth-order valence-corrected chi connectivity index (χ4v) is 2.05. The molecule has 0 heterocycles. The molecule has 0 spiro atoms. The molecule has 0 radical (unpaired) electrons. The van der Waals surface area contributed by atoms with Crippen LogP contribution in [-0.2, 0) is 0 Å². The highest BCUT2D eigenvalue weighted by atomic mass is 79.9. The Hall–Kier alpha value is -1.49. The summed E-state index contributed by atoms with van der Waals surface area (Å²) in [5.41, 5.74) is 0.438. The van der Waals surface area contributed by atoms with E-state index in [0.717, 1.165) is 6.42 Å². The molecule has 98 valence electrons. The maximum Gasteiger partial charge on any atom is 0.255 e. The van der Waals surface area contributed by atoms with Gasteiger partial charge in [0.05, 0.1) is 24.3 Å². The van der Waals surface area contributed by atoms with E-state index in [9.17, 15) is 4.79 Å². The van der Waals surface area contributed by atoms with Gasteiger partial charge in [-0.3, -0.25) is 4.79 Å². The third-order valence-electron chi connectivity index (χ3n) is 2.34. The first kappa shape index (κ1) is 14.6. The van der Waals surface area contributed by atoms with Gasteiger partial charge in [0.25, 0.3) is 5.91 Å². The van der Waals surface area contributed by atoms with Gasteiger partial charge in [0.15, 0.2) is 0 Å². The van der Waals surface area contributed by atoms with E-state index in [-0.39, 0.29) is 5.91 Å². The summed E-state index contributed by atoms with van der Waals surface area (Å²) in [4.78, 5) is 12.0. The number of hydrogen-bond donors (Lipinski definition) is 1. The second-order valence-corrected chi connectivity index (χ2v) is 4.38. The molecular weight excluding hydrogens is 298 g/mol. The molecule has 0 saturated carbocycles. The molecule has 18 heavy (non-hydrogen) atoms. The van der Waals surface area contributed by atoms with Crippen LogP contribution >= 0.6 is 15.9 Å². The summed E-state index contributed by atoms with van der Waals surface area (Å²) >= 11 is 3.35. The van der Waals surface area contributed by atoms with Crippen molar-refractivity contribution < 1.29 is 14.3 Å². The lowest BCUT2D eigenvalue weighted by atomic mass is 10.1. The normalized spacial score (nSPS) is 9.72. The van der Waals surface area contributed by atoms with Crippen molar-refractivity contribution in [1.82, 2.24) is 5.32 Å². The predicted octanol–water partition coefficient (Wildman–Crippen LogP) is 2.77. The Kier molecular flexibility index (Phi) is 5.71. The van der Waals surface area contributed by atoms with Crippen LogP contribution in [0.1, 0.15) is 16.8 Å². The number of benzene rings is 1. The smallest absolute Gasteiger partial charge is 0.255 e. The number of methoxy groups -OCH3 is 2. The van der Waals surface area contributed by atoms with E-state index < -0.39 is 0 Å². The van der Waals surface area contributed by atoms with E-state index in [2.05, 4.69) is 27.8 Å². The summed E-state index contributed by atoms with van der Waals surface area (Å²) in [5, 5.41) is 2.79. The van der Waals surface area contributed by atoms with Crippen molar-refractivity contribution in [2.75, 3.05) is 20.8 Å². The molecule has 0 fully saturated rings. The van der Waals surface area contributed by atoms with E-state index >= 15 is 0 Å². The molecule has 0 aromatic heterocycles. The summed E-state index contributed by atoms with van der Waals surface area (Å²) in [7, 11) is 3.07. The summed E-state index contributed by atoms with van der Waals surface area (Å²) in [6.45, 7) is 4.14. The Balaban J connectivity index is 3.00. The number of nitrogens with one attached hydrogen (secondary N) is 1. The number of ether oxygens (including phenoxy) is 2. The maximum atomic E-state index is 12.0. The maximum absolute atomic E-state index is 12.0. The molecule has 0 unspecified atom stereocenters. The molecule has 1 amide bonds. The molecule has 1 aromatic rings. The first-order valence-corrected chi connectivity index (χ1v) is 6.24. The van der Waals surface area contributed by atoms with E-state index in [4.69, 9.17) is 9.47 Å². The second kappa shape index (κ2) is 7.06. The van der Waals surface area contributed by atoms with Crippen molar-refractivity contribution in [2.24, 2.45) is 0 Å².